The smallest absolute Gasteiger partial charge is 0.257 e. The van der Waals surface area contributed by atoms with E-state index in [-0.39, 0.29) is 5.91 Å². The third kappa shape index (κ3) is 2.49. The van der Waals surface area contributed by atoms with Crippen LogP contribution in [0.5, 0.6) is 0 Å². The number of nitrogens with zero attached hydrogens (tertiary/aromatic N) is 2. The fourth-order valence-electron chi connectivity index (χ4n) is 1.85. The molecular formula is C13H15BrN4O. The van der Waals surface area contributed by atoms with Crippen molar-refractivity contribution in [2.45, 2.75) is 13.8 Å². The van der Waals surface area contributed by atoms with Gasteiger partial charge in [-0.15, -0.1) is 0 Å². The van der Waals surface area contributed by atoms with Gasteiger partial charge in [-0.2, -0.15) is 5.10 Å². The molecule has 2 aromatic rings. The van der Waals surface area contributed by atoms with E-state index in [0.29, 0.717) is 22.8 Å². The molecule has 0 aliphatic rings. The molecule has 0 unspecified atom stereocenters. The Labute approximate surface area is 119 Å². The van der Waals surface area contributed by atoms with Gasteiger partial charge in [-0.3, -0.25) is 9.48 Å². The maximum absolute atomic E-state index is 12.3. The van der Waals surface area contributed by atoms with Crippen molar-refractivity contribution in [1.82, 2.24) is 9.78 Å². The first-order chi connectivity index (χ1) is 8.91. The quantitative estimate of drug-likeness (QED) is 0.892. The maximum atomic E-state index is 12.3. The summed E-state index contributed by atoms with van der Waals surface area (Å²) in [6.45, 7) is 3.69. The molecule has 6 heteroatoms. The lowest BCUT2D eigenvalue weighted by Crippen LogP contribution is -2.16. The number of aryl methyl sites for hydroxylation is 2. The highest BCUT2D eigenvalue weighted by Crippen LogP contribution is 2.24. The van der Waals surface area contributed by atoms with Gasteiger partial charge in [-0.05, 0) is 31.5 Å². The minimum absolute atomic E-state index is 0.200. The zero-order valence-electron chi connectivity index (χ0n) is 11.0. The van der Waals surface area contributed by atoms with Crippen molar-refractivity contribution in [3.8, 4) is 0 Å². The molecule has 1 aromatic carbocycles. The second kappa shape index (κ2) is 5.05. The van der Waals surface area contributed by atoms with E-state index >= 15 is 0 Å². The van der Waals surface area contributed by atoms with Gasteiger partial charge in [-0.1, -0.05) is 22.0 Å². The first-order valence-electron chi connectivity index (χ1n) is 5.77. The van der Waals surface area contributed by atoms with Crippen LogP contribution < -0.4 is 11.1 Å². The Hall–Kier alpha value is -1.82. The van der Waals surface area contributed by atoms with Gasteiger partial charge in [0.2, 0.25) is 0 Å². The molecule has 0 spiro atoms. The number of halogens is 1. The summed E-state index contributed by atoms with van der Waals surface area (Å²) in [5, 5.41) is 6.96. The molecule has 5 nitrogen and oxygen atoms in total. The van der Waals surface area contributed by atoms with Crippen molar-refractivity contribution >= 4 is 33.3 Å². The van der Waals surface area contributed by atoms with Crippen LogP contribution in [0.15, 0.2) is 22.7 Å². The monoisotopic (exact) mass is 322 g/mol. The van der Waals surface area contributed by atoms with Gasteiger partial charge in [0.15, 0.2) is 5.82 Å². The zero-order chi connectivity index (χ0) is 14.2. The minimum Gasteiger partial charge on any atom is -0.394 e. The van der Waals surface area contributed by atoms with E-state index in [1.165, 1.54) is 0 Å². The number of hydrogen-bond donors (Lipinski definition) is 2. The Kier molecular flexibility index (Phi) is 3.61. The number of aromatic nitrogens is 2. The van der Waals surface area contributed by atoms with Crippen LogP contribution >= 0.6 is 15.9 Å². The second-order valence-corrected chi connectivity index (χ2v) is 5.19. The molecule has 0 saturated carbocycles. The number of carbonyl (C=O) groups is 1. The standard InChI is InChI=1S/C13H15BrN4O/c1-7-9(5-4-6-10(7)14)13(19)16-12-11(15)8(2)17-18(12)3/h4-6H,15H2,1-3H3,(H,16,19). The van der Waals surface area contributed by atoms with Crippen molar-refractivity contribution in [2.75, 3.05) is 11.1 Å². The number of amides is 1. The summed E-state index contributed by atoms with van der Waals surface area (Å²) in [6.07, 6.45) is 0. The average Bonchev–Trinajstić information content (AvgIpc) is 2.59. The Bertz CT molecular complexity index is 648. The molecule has 2 rings (SSSR count). The fourth-order valence-corrected chi connectivity index (χ4v) is 2.22. The Morgan fingerprint density at radius 1 is 1.42 bits per heavy atom. The van der Waals surface area contributed by atoms with Gasteiger partial charge in [-0.25, -0.2) is 0 Å². The molecule has 0 aliphatic heterocycles. The molecule has 0 fully saturated rings. The van der Waals surface area contributed by atoms with Crippen LogP contribution in [0.2, 0.25) is 0 Å². The molecule has 0 aliphatic carbocycles. The molecule has 0 bridgehead atoms. The summed E-state index contributed by atoms with van der Waals surface area (Å²) < 4.78 is 2.46. The molecule has 1 heterocycles. The zero-order valence-corrected chi connectivity index (χ0v) is 12.6. The van der Waals surface area contributed by atoms with Crippen molar-refractivity contribution in [2.24, 2.45) is 7.05 Å². The Morgan fingerprint density at radius 2 is 2.11 bits per heavy atom. The summed E-state index contributed by atoms with van der Waals surface area (Å²) in [5.74, 6) is 0.315. The van der Waals surface area contributed by atoms with Crippen LogP contribution in [-0.4, -0.2) is 15.7 Å². The van der Waals surface area contributed by atoms with Crippen molar-refractivity contribution in [3.63, 3.8) is 0 Å². The van der Waals surface area contributed by atoms with E-state index in [9.17, 15) is 4.79 Å². The summed E-state index contributed by atoms with van der Waals surface area (Å²) in [6, 6.07) is 5.49. The number of anilines is 2. The second-order valence-electron chi connectivity index (χ2n) is 4.34. The Morgan fingerprint density at radius 3 is 2.68 bits per heavy atom. The average molecular weight is 323 g/mol. The molecule has 0 saturated heterocycles. The van der Waals surface area contributed by atoms with Crippen molar-refractivity contribution in [3.05, 3.63) is 39.5 Å². The van der Waals surface area contributed by atoms with Crippen LogP contribution in [0, 0.1) is 13.8 Å². The van der Waals surface area contributed by atoms with Crippen LogP contribution in [-0.2, 0) is 7.05 Å². The fraction of sp³-hybridized carbons (Fsp3) is 0.231. The topological polar surface area (TPSA) is 72.9 Å². The molecule has 19 heavy (non-hydrogen) atoms. The highest BCUT2D eigenvalue weighted by atomic mass is 79.9. The minimum atomic E-state index is -0.200. The number of nitrogen functional groups attached to an aromatic ring is 1. The van der Waals surface area contributed by atoms with Gasteiger partial charge >= 0.3 is 0 Å². The number of rotatable bonds is 2. The number of benzene rings is 1. The van der Waals surface area contributed by atoms with Gasteiger partial charge in [0.1, 0.15) is 0 Å². The molecule has 0 radical (unpaired) electrons. The summed E-state index contributed by atoms with van der Waals surface area (Å²) in [5.41, 5.74) is 8.57. The number of carbonyl (C=O) groups excluding carboxylic acids is 1. The summed E-state index contributed by atoms with van der Waals surface area (Å²) >= 11 is 3.41. The first kappa shape index (κ1) is 13.6. The lowest BCUT2D eigenvalue weighted by Gasteiger charge is -2.09. The maximum Gasteiger partial charge on any atom is 0.257 e. The first-order valence-corrected chi connectivity index (χ1v) is 6.56. The van der Waals surface area contributed by atoms with E-state index in [2.05, 4.69) is 26.3 Å². The molecule has 1 amide bonds. The van der Waals surface area contributed by atoms with E-state index in [4.69, 9.17) is 5.73 Å². The number of nitrogens with two attached hydrogens (primary N) is 1. The van der Waals surface area contributed by atoms with Crippen LogP contribution in [0.4, 0.5) is 11.5 Å². The lowest BCUT2D eigenvalue weighted by molar-refractivity contribution is 0.102. The van der Waals surface area contributed by atoms with Gasteiger partial charge in [0.25, 0.3) is 5.91 Å². The van der Waals surface area contributed by atoms with Crippen LogP contribution in [0.1, 0.15) is 21.6 Å². The predicted octanol–water partition coefficient (Wildman–Crippen LogP) is 2.63. The lowest BCUT2D eigenvalue weighted by atomic mass is 10.1. The third-order valence-electron chi connectivity index (χ3n) is 3.01. The highest BCUT2D eigenvalue weighted by molar-refractivity contribution is 9.10. The predicted molar refractivity (Wildman–Crippen MR) is 79.2 cm³/mol. The molecule has 3 N–H and O–H groups in total. The van der Waals surface area contributed by atoms with Gasteiger partial charge in [0.05, 0.1) is 11.4 Å². The van der Waals surface area contributed by atoms with E-state index in [1.54, 1.807) is 24.7 Å². The largest absolute Gasteiger partial charge is 0.394 e. The van der Waals surface area contributed by atoms with E-state index in [0.717, 1.165) is 10.0 Å². The van der Waals surface area contributed by atoms with Crippen LogP contribution in [0.3, 0.4) is 0 Å². The number of nitrogens with one attached hydrogen (secondary N) is 1. The highest BCUT2D eigenvalue weighted by Gasteiger charge is 2.16. The SMILES string of the molecule is Cc1nn(C)c(NC(=O)c2cccc(Br)c2C)c1N. The normalized spacial score (nSPS) is 10.5. The molecule has 100 valence electrons. The van der Waals surface area contributed by atoms with Crippen LogP contribution in [0.25, 0.3) is 0 Å². The molecule has 0 atom stereocenters. The van der Waals surface area contributed by atoms with Gasteiger partial charge < -0.3 is 11.1 Å². The van der Waals surface area contributed by atoms with Crippen molar-refractivity contribution in [1.29, 1.82) is 0 Å². The Balaban J connectivity index is 2.34. The van der Waals surface area contributed by atoms with E-state index in [1.807, 2.05) is 19.1 Å². The molecular weight excluding hydrogens is 308 g/mol. The third-order valence-corrected chi connectivity index (χ3v) is 3.87. The number of hydrogen-bond acceptors (Lipinski definition) is 3. The molecule has 1 aromatic heterocycles. The summed E-state index contributed by atoms with van der Waals surface area (Å²) in [7, 11) is 1.74. The van der Waals surface area contributed by atoms with Crippen molar-refractivity contribution < 1.29 is 4.79 Å². The summed E-state index contributed by atoms with van der Waals surface area (Å²) in [4.78, 5) is 12.3. The van der Waals surface area contributed by atoms with E-state index < -0.39 is 0 Å². The van der Waals surface area contributed by atoms with Gasteiger partial charge in [0, 0.05) is 17.1 Å².